The van der Waals surface area contributed by atoms with Crippen molar-refractivity contribution in [2.45, 2.75) is 58.3 Å². The van der Waals surface area contributed by atoms with Crippen LogP contribution in [-0.4, -0.2) is 0 Å². The summed E-state index contributed by atoms with van der Waals surface area (Å²) in [6, 6.07) is 0. The van der Waals surface area contributed by atoms with Crippen molar-refractivity contribution in [3.8, 4) is 0 Å². The van der Waals surface area contributed by atoms with Crippen LogP contribution in [0, 0.1) is 58.7 Å². The predicted octanol–water partition coefficient (Wildman–Crippen LogP) is 4.74. The van der Waals surface area contributed by atoms with Crippen LogP contribution in [0.5, 0.6) is 0 Å². The van der Waals surface area contributed by atoms with Crippen LogP contribution in [0.25, 0.3) is 0 Å². The van der Waals surface area contributed by atoms with E-state index >= 15 is 0 Å². The van der Waals surface area contributed by atoms with Gasteiger partial charge in [0.1, 0.15) is 0 Å². The summed E-state index contributed by atoms with van der Waals surface area (Å²) >= 11 is 0. The summed E-state index contributed by atoms with van der Waals surface area (Å²) in [5.41, 5.74) is 0.888. The van der Waals surface area contributed by atoms with Gasteiger partial charge in [0.2, 0.25) is 0 Å². The highest BCUT2D eigenvalue weighted by Crippen LogP contribution is 2.78. The van der Waals surface area contributed by atoms with E-state index in [1.165, 1.54) is 41.4 Å². The molecule has 0 saturated heterocycles. The summed E-state index contributed by atoms with van der Waals surface area (Å²) in [6.07, 6.45) is 13.2. The third-order valence-electron chi connectivity index (χ3n) is 9.23. The van der Waals surface area contributed by atoms with Gasteiger partial charge in [0.15, 0.2) is 0 Å². The Balaban J connectivity index is 1.60. The molecule has 0 amide bonds. The van der Waals surface area contributed by atoms with Crippen LogP contribution in [-0.2, 0) is 0 Å². The molecule has 0 heterocycles. The topological polar surface area (TPSA) is 0 Å². The van der Waals surface area contributed by atoms with Gasteiger partial charge in [-0.05, 0) is 110 Å². The fraction of sp³-hybridized carbons (Fsp3) is 1.00. The third-order valence-corrected chi connectivity index (χ3v) is 9.23. The average Bonchev–Trinajstić information content (AvgIpc) is 2.36. The molecule has 0 aromatic rings. The van der Waals surface area contributed by atoms with Crippen LogP contribution in [0.1, 0.15) is 58.3 Å². The molecule has 0 N–H and O–H groups in total. The van der Waals surface area contributed by atoms with Crippen molar-refractivity contribution in [3.63, 3.8) is 0 Å². The number of fused-ring (bicyclic) bond motifs is 1. The second-order valence-corrected chi connectivity index (χ2v) is 9.67. The van der Waals surface area contributed by atoms with Gasteiger partial charge in [0.25, 0.3) is 0 Å². The van der Waals surface area contributed by atoms with E-state index in [1.54, 1.807) is 51.4 Å². The Bertz CT molecular complexity index is 431. The zero-order valence-electron chi connectivity index (χ0n) is 12.4. The highest BCUT2D eigenvalue weighted by Gasteiger charge is 2.71. The van der Waals surface area contributed by atoms with Crippen LogP contribution in [0.3, 0.4) is 0 Å². The minimum atomic E-state index is 0.888. The first-order valence-electron chi connectivity index (χ1n) is 9.26. The smallest absolute Gasteiger partial charge is 0.0225 e. The Labute approximate surface area is 117 Å². The van der Waals surface area contributed by atoms with Crippen molar-refractivity contribution in [1.82, 2.24) is 0 Å². The molecular weight excluding hydrogens is 228 g/mol. The maximum Gasteiger partial charge on any atom is -0.0225 e. The van der Waals surface area contributed by atoms with Crippen LogP contribution in [0.2, 0.25) is 0 Å². The molecule has 19 heavy (non-hydrogen) atoms. The summed E-state index contributed by atoms with van der Waals surface area (Å²) in [4.78, 5) is 0. The quantitative estimate of drug-likeness (QED) is 0.587. The Hall–Kier alpha value is 0. The molecule has 7 aliphatic rings. The van der Waals surface area contributed by atoms with E-state index in [2.05, 4.69) is 6.92 Å². The number of hydrogen-bond acceptors (Lipinski definition) is 0. The zero-order valence-corrected chi connectivity index (χ0v) is 12.4. The lowest BCUT2D eigenvalue weighted by molar-refractivity contribution is -0.279. The van der Waals surface area contributed by atoms with E-state index < -0.39 is 0 Å². The predicted molar refractivity (Wildman–Crippen MR) is 76.5 cm³/mol. The average molecular weight is 256 g/mol. The van der Waals surface area contributed by atoms with Gasteiger partial charge < -0.3 is 0 Å². The summed E-state index contributed by atoms with van der Waals surface area (Å²) < 4.78 is 0. The van der Waals surface area contributed by atoms with E-state index in [9.17, 15) is 0 Å². The summed E-state index contributed by atoms with van der Waals surface area (Å²) in [7, 11) is 0. The van der Waals surface area contributed by atoms with Crippen molar-refractivity contribution in [1.29, 1.82) is 0 Å². The van der Waals surface area contributed by atoms with Crippen LogP contribution in [0.4, 0.5) is 0 Å². The molecule has 0 radical (unpaired) electrons. The first-order chi connectivity index (χ1) is 9.26. The zero-order chi connectivity index (χ0) is 12.4. The number of rotatable bonds is 0. The van der Waals surface area contributed by atoms with Crippen LogP contribution in [0.15, 0.2) is 0 Å². The summed E-state index contributed by atoms with van der Waals surface area (Å²) in [6.45, 7) is 2.65. The highest BCUT2D eigenvalue weighted by molar-refractivity contribution is 5.19. The van der Waals surface area contributed by atoms with Gasteiger partial charge in [0.05, 0.1) is 0 Å². The molecule has 0 aliphatic heterocycles. The molecule has 7 aliphatic carbocycles. The molecule has 0 aromatic carbocycles. The normalized spacial score (nSPS) is 71.5. The third kappa shape index (κ3) is 1.03. The van der Waals surface area contributed by atoms with E-state index in [4.69, 9.17) is 0 Å². The van der Waals surface area contributed by atoms with Gasteiger partial charge in [-0.3, -0.25) is 0 Å². The molecule has 0 nitrogen and oxygen atoms in total. The minimum absolute atomic E-state index is 0.888. The molecule has 104 valence electrons. The molecule has 7 bridgehead atoms. The van der Waals surface area contributed by atoms with Gasteiger partial charge in [-0.2, -0.15) is 0 Å². The van der Waals surface area contributed by atoms with E-state index in [1.807, 2.05) is 0 Å². The SMILES string of the molecule is CC1CC2CC3CCC4C5CC6CC4C3C(C2)(C6)C15. The van der Waals surface area contributed by atoms with Gasteiger partial charge in [0, 0.05) is 0 Å². The lowest BCUT2D eigenvalue weighted by Gasteiger charge is -2.76. The Morgan fingerprint density at radius 2 is 1.47 bits per heavy atom. The van der Waals surface area contributed by atoms with Crippen LogP contribution < -0.4 is 0 Å². The van der Waals surface area contributed by atoms with Crippen molar-refractivity contribution >= 4 is 0 Å². The Kier molecular flexibility index (Phi) is 1.74. The molecule has 7 saturated carbocycles. The van der Waals surface area contributed by atoms with E-state index in [0.717, 1.165) is 17.3 Å². The molecular formula is C19H28. The van der Waals surface area contributed by atoms with Gasteiger partial charge >= 0.3 is 0 Å². The maximum absolute atomic E-state index is 2.65. The number of hydrogen-bond donors (Lipinski definition) is 0. The second-order valence-electron chi connectivity index (χ2n) is 9.67. The lowest BCUT2D eigenvalue weighted by Crippen LogP contribution is -2.70. The van der Waals surface area contributed by atoms with Crippen molar-refractivity contribution in [2.24, 2.45) is 58.7 Å². The molecule has 10 unspecified atom stereocenters. The lowest BCUT2D eigenvalue weighted by atomic mass is 9.28. The molecule has 1 spiro atoms. The van der Waals surface area contributed by atoms with E-state index in [0.29, 0.717) is 0 Å². The first-order valence-corrected chi connectivity index (χ1v) is 9.26. The van der Waals surface area contributed by atoms with E-state index in [-0.39, 0.29) is 0 Å². The van der Waals surface area contributed by atoms with Crippen LogP contribution >= 0.6 is 0 Å². The van der Waals surface area contributed by atoms with Gasteiger partial charge in [-0.15, -0.1) is 0 Å². The fourth-order valence-electron chi connectivity index (χ4n) is 9.75. The summed E-state index contributed by atoms with van der Waals surface area (Å²) in [5.74, 6) is 10.5. The molecule has 0 aromatic heterocycles. The van der Waals surface area contributed by atoms with Crippen molar-refractivity contribution < 1.29 is 0 Å². The standard InChI is InChI=1S/C19H28/c1-10-4-11-5-13-2-3-14-15-6-12-7-16(14)18(13)19(8-11,9-12)17(10)15/h10-18H,2-9H2,1H3. The summed E-state index contributed by atoms with van der Waals surface area (Å²) in [5, 5.41) is 0. The van der Waals surface area contributed by atoms with Crippen molar-refractivity contribution in [3.05, 3.63) is 0 Å². The second kappa shape index (κ2) is 3.09. The largest absolute Gasteiger partial charge is 0.0622 e. The highest BCUT2D eigenvalue weighted by atomic mass is 14.8. The molecule has 7 rings (SSSR count). The maximum atomic E-state index is 2.65. The molecule has 0 heteroatoms. The minimum Gasteiger partial charge on any atom is -0.0622 e. The Morgan fingerprint density at radius 3 is 2.32 bits per heavy atom. The first kappa shape index (κ1) is 10.7. The fourth-order valence-corrected chi connectivity index (χ4v) is 9.75. The molecule has 7 fully saturated rings. The van der Waals surface area contributed by atoms with Gasteiger partial charge in [-0.25, -0.2) is 0 Å². The molecule has 10 atom stereocenters. The monoisotopic (exact) mass is 256 g/mol. The van der Waals surface area contributed by atoms with Crippen molar-refractivity contribution in [2.75, 3.05) is 0 Å². The van der Waals surface area contributed by atoms with Gasteiger partial charge in [-0.1, -0.05) is 6.92 Å². The Morgan fingerprint density at radius 1 is 0.737 bits per heavy atom.